The fourth-order valence-corrected chi connectivity index (χ4v) is 4.90. The molecule has 1 atom stereocenters. The summed E-state index contributed by atoms with van der Waals surface area (Å²) < 4.78 is 3.72. The van der Waals surface area contributed by atoms with Gasteiger partial charge in [-0.2, -0.15) is 0 Å². The van der Waals surface area contributed by atoms with E-state index in [4.69, 9.17) is 0 Å². The molecular formula is C27H29N7O4. The van der Waals surface area contributed by atoms with Crippen molar-refractivity contribution in [3.8, 4) is 0 Å². The van der Waals surface area contributed by atoms with Crippen molar-refractivity contribution in [1.82, 2.24) is 23.6 Å². The molecule has 196 valence electrons. The Morgan fingerprint density at radius 3 is 2.37 bits per heavy atom. The van der Waals surface area contributed by atoms with Gasteiger partial charge in [-0.05, 0) is 43.3 Å². The number of benzene rings is 2. The second kappa shape index (κ2) is 10.0. The van der Waals surface area contributed by atoms with Crippen molar-refractivity contribution in [3.63, 3.8) is 0 Å². The van der Waals surface area contributed by atoms with Gasteiger partial charge in [0.1, 0.15) is 6.54 Å². The summed E-state index contributed by atoms with van der Waals surface area (Å²) in [7, 11) is 2.93. The zero-order valence-electron chi connectivity index (χ0n) is 21.5. The summed E-state index contributed by atoms with van der Waals surface area (Å²) in [5.74, 6) is -0.282. The van der Waals surface area contributed by atoms with Gasteiger partial charge in [-0.15, -0.1) is 0 Å². The van der Waals surface area contributed by atoms with Crippen LogP contribution in [0.4, 0.5) is 11.4 Å². The molecule has 11 nitrogen and oxygen atoms in total. The van der Waals surface area contributed by atoms with E-state index in [1.807, 2.05) is 59.5 Å². The van der Waals surface area contributed by atoms with Crippen LogP contribution >= 0.6 is 0 Å². The van der Waals surface area contributed by atoms with E-state index in [2.05, 4.69) is 22.1 Å². The van der Waals surface area contributed by atoms with Crippen LogP contribution in [0.15, 0.2) is 70.5 Å². The first-order valence-corrected chi connectivity index (χ1v) is 12.4. The number of fused-ring (bicyclic) bond motifs is 1. The molecule has 1 aliphatic heterocycles. The number of rotatable bonds is 5. The van der Waals surface area contributed by atoms with E-state index >= 15 is 0 Å². The summed E-state index contributed by atoms with van der Waals surface area (Å²) in [6.45, 7) is 3.92. The van der Waals surface area contributed by atoms with Crippen molar-refractivity contribution in [2.45, 2.75) is 19.5 Å². The van der Waals surface area contributed by atoms with E-state index in [9.17, 15) is 19.2 Å². The van der Waals surface area contributed by atoms with Crippen molar-refractivity contribution < 1.29 is 9.59 Å². The summed E-state index contributed by atoms with van der Waals surface area (Å²) in [5, 5.41) is 2.85. The zero-order chi connectivity index (χ0) is 27.0. The van der Waals surface area contributed by atoms with Crippen LogP contribution in [-0.2, 0) is 25.4 Å². The maximum absolute atomic E-state index is 12.8. The van der Waals surface area contributed by atoms with Crippen LogP contribution in [0.3, 0.4) is 0 Å². The quantitative estimate of drug-likeness (QED) is 0.430. The SMILES string of the molecule is CC1CN(C(=O)c2ccccc2)CCN1c1ccc(NC(=O)Cn2cnc3c2c(=O)n(C)c(=O)n3C)cc1. The highest BCUT2D eigenvalue weighted by molar-refractivity contribution is 5.94. The van der Waals surface area contributed by atoms with Crippen molar-refractivity contribution in [1.29, 1.82) is 0 Å². The maximum Gasteiger partial charge on any atom is 0.332 e. The molecule has 3 heterocycles. The topological polar surface area (TPSA) is 114 Å². The molecule has 1 unspecified atom stereocenters. The molecule has 4 aromatic rings. The number of hydrogen-bond acceptors (Lipinski definition) is 6. The summed E-state index contributed by atoms with van der Waals surface area (Å²) >= 11 is 0. The van der Waals surface area contributed by atoms with Crippen LogP contribution < -0.4 is 21.5 Å². The van der Waals surface area contributed by atoms with Crippen LogP contribution in [-0.4, -0.2) is 61.1 Å². The Balaban J connectivity index is 1.23. The fourth-order valence-electron chi connectivity index (χ4n) is 4.90. The molecule has 0 spiro atoms. The molecule has 2 aromatic carbocycles. The molecule has 2 aromatic heterocycles. The van der Waals surface area contributed by atoms with E-state index < -0.39 is 11.2 Å². The Hall–Kier alpha value is -4.67. The maximum atomic E-state index is 12.8. The average molecular weight is 516 g/mol. The number of nitrogens with one attached hydrogen (secondary N) is 1. The smallest absolute Gasteiger partial charge is 0.332 e. The van der Waals surface area contributed by atoms with Crippen LogP contribution in [0.2, 0.25) is 0 Å². The molecule has 1 saturated heterocycles. The van der Waals surface area contributed by atoms with Crippen molar-refractivity contribution in [2.75, 3.05) is 29.9 Å². The molecule has 0 bridgehead atoms. The molecule has 38 heavy (non-hydrogen) atoms. The number of imidazole rings is 1. The number of nitrogens with zero attached hydrogens (tertiary/aromatic N) is 6. The minimum absolute atomic E-state index is 0.0425. The van der Waals surface area contributed by atoms with Gasteiger partial charge in [0.25, 0.3) is 11.5 Å². The third-order valence-electron chi connectivity index (χ3n) is 6.95. The second-order valence-corrected chi connectivity index (χ2v) is 9.51. The standard InChI is InChI=1S/C27H29N7O4/c1-18-15-32(25(36)19-7-5-4-6-8-19)13-14-34(18)21-11-9-20(10-12-21)29-22(35)16-33-17-28-24-23(33)26(37)31(3)27(38)30(24)2/h4-12,17-18H,13-16H2,1-3H3,(H,29,35). The fraction of sp³-hybridized carbons (Fsp3) is 0.296. The normalized spacial score (nSPS) is 15.6. The van der Waals surface area contributed by atoms with Gasteiger partial charge < -0.3 is 19.7 Å². The van der Waals surface area contributed by atoms with Crippen LogP contribution in [0, 0.1) is 0 Å². The summed E-state index contributed by atoms with van der Waals surface area (Å²) in [4.78, 5) is 58.6. The minimum Gasteiger partial charge on any atom is -0.365 e. The molecular weight excluding hydrogens is 486 g/mol. The van der Waals surface area contributed by atoms with Gasteiger partial charge in [0.15, 0.2) is 11.2 Å². The minimum atomic E-state index is -0.502. The summed E-state index contributed by atoms with van der Waals surface area (Å²) in [6, 6.07) is 17.0. The van der Waals surface area contributed by atoms with Crippen molar-refractivity contribution in [3.05, 3.63) is 87.3 Å². The van der Waals surface area contributed by atoms with E-state index in [1.165, 1.54) is 29.6 Å². The van der Waals surface area contributed by atoms with Crippen molar-refractivity contribution in [2.24, 2.45) is 14.1 Å². The van der Waals surface area contributed by atoms with Crippen molar-refractivity contribution >= 4 is 34.4 Å². The third kappa shape index (κ3) is 4.58. The Morgan fingerprint density at radius 2 is 1.68 bits per heavy atom. The molecule has 0 aliphatic carbocycles. The molecule has 0 radical (unpaired) electrons. The lowest BCUT2D eigenvalue weighted by Crippen LogP contribution is -2.53. The summed E-state index contributed by atoms with van der Waals surface area (Å²) in [5.41, 5.74) is 1.77. The highest BCUT2D eigenvalue weighted by atomic mass is 16.2. The first-order valence-electron chi connectivity index (χ1n) is 12.4. The number of hydrogen-bond donors (Lipinski definition) is 1. The number of aryl methyl sites for hydroxylation is 1. The Labute approximate surface area is 218 Å². The highest BCUT2D eigenvalue weighted by Crippen LogP contribution is 2.23. The first-order chi connectivity index (χ1) is 18.2. The zero-order valence-corrected chi connectivity index (χ0v) is 21.5. The molecule has 1 fully saturated rings. The van der Waals surface area contributed by atoms with Crippen LogP contribution in [0.5, 0.6) is 0 Å². The van der Waals surface area contributed by atoms with E-state index in [1.54, 1.807) is 0 Å². The van der Waals surface area contributed by atoms with Gasteiger partial charge in [0.2, 0.25) is 5.91 Å². The predicted molar refractivity (Wildman–Crippen MR) is 144 cm³/mol. The number of carbonyl (C=O) groups excluding carboxylic acids is 2. The number of carbonyl (C=O) groups is 2. The van der Waals surface area contributed by atoms with Gasteiger partial charge >= 0.3 is 5.69 Å². The van der Waals surface area contributed by atoms with Crippen LogP contribution in [0.1, 0.15) is 17.3 Å². The predicted octanol–water partition coefficient (Wildman–Crippen LogP) is 1.42. The summed E-state index contributed by atoms with van der Waals surface area (Å²) in [6.07, 6.45) is 1.39. The van der Waals surface area contributed by atoms with Crippen LogP contribution in [0.25, 0.3) is 11.2 Å². The number of aromatic nitrogens is 4. The largest absolute Gasteiger partial charge is 0.365 e. The monoisotopic (exact) mass is 515 g/mol. The van der Waals surface area contributed by atoms with E-state index in [0.717, 1.165) is 10.3 Å². The molecule has 1 aliphatic rings. The molecule has 2 amide bonds. The van der Waals surface area contributed by atoms with Gasteiger partial charge in [0, 0.05) is 56.7 Å². The third-order valence-corrected chi connectivity index (χ3v) is 6.95. The lowest BCUT2D eigenvalue weighted by molar-refractivity contribution is -0.116. The Morgan fingerprint density at radius 1 is 0.974 bits per heavy atom. The Kier molecular flexibility index (Phi) is 6.58. The molecule has 0 saturated carbocycles. The number of amides is 2. The molecule has 5 rings (SSSR count). The average Bonchev–Trinajstić information content (AvgIpc) is 3.34. The first kappa shape index (κ1) is 25.0. The lowest BCUT2D eigenvalue weighted by Gasteiger charge is -2.41. The van der Waals surface area contributed by atoms with E-state index in [-0.39, 0.29) is 35.6 Å². The van der Waals surface area contributed by atoms with E-state index in [0.29, 0.717) is 30.9 Å². The lowest BCUT2D eigenvalue weighted by atomic mass is 10.1. The van der Waals surface area contributed by atoms with Gasteiger partial charge in [-0.1, -0.05) is 18.2 Å². The molecule has 11 heteroatoms. The van der Waals surface area contributed by atoms with Gasteiger partial charge in [-0.25, -0.2) is 9.78 Å². The number of anilines is 2. The van der Waals surface area contributed by atoms with Gasteiger partial charge in [-0.3, -0.25) is 23.5 Å². The second-order valence-electron chi connectivity index (χ2n) is 9.51. The Bertz CT molecular complexity index is 1620. The number of piperazine rings is 1. The molecule has 1 N–H and O–H groups in total. The van der Waals surface area contributed by atoms with Gasteiger partial charge in [0.05, 0.1) is 6.33 Å². The highest BCUT2D eigenvalue weighted by Gasteiger charge is 2.27.